The molecule has 0 bridgehead atoms. The molecule has 0 atom stereocenters. The first kappa shape index (κ1) is 13.8. The van der Waals surface area contributed by atoms with Crippen LogP contribution in [-0.2, 0) is 11.3 Å². The van der Waals surface area contributed by atoms with Crippen molar-refractivity contribution in [3.63, 3.8) is 0 Å². The van der Waals surface area contributed by atoms with Crippen LogP contribution in [0, 0.1) is 0 Å². The molecule has 1 fully saturated rings. The SMILES string of the molecule is Nc1ccc(-c2nnnn2CCOC2CCCC2)c(N)c1. The standard InChI is InChI=1S/C14H20N6O/c15-10-5-6-12(13(16)9-10)14-17-18-19-20(14)7-8-21-11-3-1-2-4-11/h5-6,9,11H,1-4,7-8,15-16H2. The highest BCUT2D eigenvalue weighted by Crippen LogP contribution is 2.25. The Morgan fingerprint density at radius 1 is 1.24 bits per heavy atom. The van der Waals surface area contributed by atoms with Crippen LogP contribution >= 0.6 is 0 Å². The van der Waals surface area contributed by atoms with Crippen LogP contribution in [0.25, 0.3) is 11.4 Å². The fourth-order valence-corrected chi connectivity index (χ4v) is 2.69. The van der Waals surface area contributed by atoms with Crippen molar-refractivity contribution in [2.75, 3.05) is 18.1 Å². The minimum absolute atomic E-state index is 0.395. The fraction of sp³-hybridized carbons (Fsp3) is 0.500. The Kier molecular flexibility index (Phi) is 4.01. The minimum Gasteiger partial charge on any atom is -0.399 e. The average Bonchev–Trinajstić information content (AvgIpc) is 3.11. The molecule has 21 heavy (non-hydrogen) atoms. The largest absolute Gasteiger partial charge is 0.399 e. The molecule has 1 aromatic heterocycles. The van der Waals surface area contributed by atoms with Crippen molar-refractivity contribution in [1.29, 1.82) is 0 Å². The molecule has 2 aromatic rings. The van der Waals surface area contributed by atoms with Crippen molar-refractivity contribution in [3.05, 3.63) is 18.2 Å². The number of hydrogen-bond acceptors (Lipinski definition) is 6. The smallest absolute Gasteiger partial charge is 0.184 e. The van der Waals surface area contributed by atoms with Gasteiger partial charge in [0.05, 0.1) is 19.3 Å². The fourth-order valence-electron chi connectivity index (χ4n) is 2.69. The van der Waals surface area contributed by atoms with Gasteiger partial charge in [-0.15, -0.1) is 5.10 Å². The number of tetrazole rings is 1. The number of hydrogen-bond donors (Lipinski definition) is 2. The summed E-state index contributed by atoms with van der Waals surface area (Å²) in [6.07, 6.45) is 5.25. The van der Waals surface area contributed by atoms with E-state index < -0.39 is 0 Å². The van der Waals surface area contributed by atoms with E-state index in [1.54, 1.807) is 16.8 Å². The number of benzene rings is 1. The molecule has 1 heterocycles. The van der Waals surface area contributed by atoms with Crippen molar-refractivity contribution < 1.29 is 4.74 Å². The van der Waals surface area contributed by atoms with Crippen molar-refractivity contribution in [2.24, 2.45) is 0 Å². The lowest BCUT2D eigenvalue weighted by Gasteiger charge is -2.12. The molecular formula is C14H20N6O. The van der Waals surface area contributed by atoms with Gasteiger partial charge in [0.1, 0.15) is 0 Å². The van der Waals surface area contributed by atoms with Crippen LogP contribution in [0.3, 0.4) is 0 Å². The first-order valence-corrected chi connectivity index (χ1v) is 7.27. The molecule has 0 unspecified atom stereocenters. The van der Waals surface area contributed by atoms with Gasteiger partial charge in [-0.1, -0.05) is 12.8 Å². The van der Waals surface area contributed by atoms with Gasteiger partial charge in [-0.2, -0.15) is 0 Å². The van der Waals surface area contributed by atoms with Crippen molar-refractivity contribution >= 4 is 11.4 Å². The van der Waals surface area contributed by atoms with Gasteiger partial charge >= 0.3 is 0 Å². The molecule has 1 aromatic carbocycles. The van der Waals surface area contributed by atoms with Crippen molar-refractivity contribution in [2.45, 2.75) is 38.3 Å². The summed E-state index contributed by atoms with van der Waals surface area (Å²) < 4.78 is 7.57. The summed E-state index contributed by atoms with van der Waals surface area (Å²) in [5, 5.41) is 11.8. The van der Waals surface area contributed by atoms with E-state index in [1.807, 2.05) is 6.07 Å². The predicted octanol–water partition coefficient (Wildman–Crippen LogP) is 1.46. The van der Waals surface area contributed by atoms with E-state index in [1.165, 1.54) is 12.8 Å². The van der Waals surface area contributed by atoms with Crippen LogP contribution in [0.5, 0.6) is 0 Å². The van der Waals surface area contributed by atoms with E-state index in [9.17, 15) is 0 Å². The Bertz CT molecular complexity index is 605. The predicted molar refractivity (Wildman–Crippen MR) is 80.3 cm³/mol. The number of nitrogens with zero attached hydrogens (tertiary/aromatic N) is 4. The van der Waals surface area contributed by atoms with Crippen molar-refractivity contribution in [1.82, 2.24) is 20.2 Å². The first-order chi connectivity index (χ1) is 10.2. The Hall–Kier alpha value is -2.15. The molecule has 4 N–H and O–H groups in total. The second kappa shape index (κ2) is 6.09. The van der Waals surface area contributed by atoms with E-state index in [0.29, 0.717) is 36.5 Å². The van der Waals surface area contributed by atoms with Crippen molar-refractivity contribution in [3.8, 4) is 11.4 Å². The quantitative estimate of drug-likeness (QED) is 0.807. The molecule has 0 aliphatic heterocycles. The van der Waals surface area contributed by atoms with Crippen LogP contribution in [0.1, 0.15) is 25.7 Å². The van der Waals surface area contributed by atoms with Gasteiger partial charge < -0.3 is 16.2 Å². The van der Waals surface area contributed by atoms with E-state index in [-0.39, 0.29) is 0 Å². The summed E-state index contributed by atoms with van der Waals surface area (Å²) in [4.78, 5) is 0. The van der Waals surface area contributed by atoms with E-state index in [2.05, 4.69) is 15.5 Å². The molecule has 0 amide bonds. The zero-order chi connectivity index (χ0) is 14.7. The molecule has 1 aliphatic carbocycles. The molecule has 0 saturated heterocycles. The van der Waals surface area contributed by atoms with Gasteiger partial charge in [-0.05, 0) is 41.5 Å². The normalized spacial score (nSPS) is 15.6. The number of ether oxygens (including phenoxy) is 1. The molecule has 0 radical (unpaired) electrons. The van der Waals surface area contributed by atoms with Crippen LogP contribution in [0.15, 0.2) is 18.2 Å². The number of rotatable bonds is 5. The molecule has 1 aliphatic rings. The molecule has 3 rings (SSSR count). The zero-order valence-electron chi connectivity index (χ0n) is 11.9. The maximum absolute atomic E-state index is 5.99. The molecule has 7 nitrogen and oxygen atoms in total. The van der Waals surface area contributed by atoms with E-state index in [4.69, 9.17) is 16.2 Å². The minimum atomic E-state index is 0.395. The van der Waals surface area contributed by atoms with Gasteiger partial charge in [-0.25, -0.2) is 4.68 Å². The zero-order valence-corrected chi connectivity index (χ0v) is 11.9. The Morgan fingerprint density at radius 2 is 2.05 bits per heavy atom. The second-order valence-corrected chi connectivity index (χ2v) is 5.35. The third kappa shape index (κ3) is 3.13. The summed E-state index contributed by atoms with van der Waals surface area (Å²) in [6, 6.07) is 5.34. The Balaban J connectivity index is 1.68. The number of aromatic nitrogens is 4. The number of nitrogens with two attached hydrogens (primary N) is 2. The molecule has 0 spiro atoms. The maximum atomic E-state index is 5.99. The third-order valence-electron chi connectivity index (χ3n) is 3.81. The molecule has 112 valence electrons. The lowest BCUT2D eigenvalue weighted by Crippen LogP contribution is -2.15. The Labute approximate surface area is 123 Å². The number of anilines is 2. The van der Waals surface area contributed by atoms with E-state index in [0.717, 1.165) is 18.4 Å². The van der Waals surface area contributed by atoms with Crippen LogP contribution in [0.4, 0.5) is 11.4 Å². The second-order valence-electron chi connectivity index (χ2n) is 5.35. The highest BCUT2D eigenvalue weighted by Gasteiger charge is 2.16. The van der Waals surface area contributed by atoms with Gasteiger partial charge in [0.2, 0.25) is 0 Å². The summed E-state index contributed by atoms with van der Waals surface area (Å²) >= 11 is 0. The first-order valence-electron chi connectivity index (χ1n) is 7.27. The van der Waals surface area contributed by atoms with Crippen LogP contribution in [0.2, 0.25) is 0 Å². The lowest BCUT2D eigenvalue weighted by atomic mass is 10.1. The number of nitrogen functional groups attached to an aromatic ring is 2. The van der Waals surface area contributed by atoms with E-state index >= 15 is 0 Å². The van der Waals surface area contributed by atoms with Crippen LogP contribution in [-0.4, -0.2) is 32.9 Å². The lowest BCUT2D eigenvalue weighted by molar-refractivity contribution is 0.0514. The maximum Gasteiger partial charge on any atom is 0.184 e. The topological polar surface area (TPSA) is 105 Å². The highest BCUT2D eigenvalue weighted by molar-refractivity contribution is 5.74. The molecule has 1 saturated carbocycles. The summed E-state index contributed by atoms with van der Waals surface area (Å²) in [5.41, 5.74) is 13.7. The summed E-state index contributed by atoms with van der Waals surface area (Å²) in [5.74, 6) is 0.641. The summed E-state index contributed by atoms with van der Waals surface area (Å²) in [6.45, 7) is 1.22. The van der Waals surface area contributed by atoms with Gasteiger partial charge in [0.15, 0.2) is 5.82 Å². The molecule has 7 heteroatoms. The molecular weight excluding hydrogens is 268 g/mol. The monoisotopic (exact) mass is 288 g/mol. The van der Waals surface area contributed by atoms with Crippen LogP contribution < -0.4 is 11.5 Å². The van der Waals surface area contributed by atoms with Gasteiger partial charge in [-0.3, -0.25) is 0 Å². The van der Waals surface area contributed by atoms with Gasteiger partial charge in [0.25, 0.3) is 0 Å². The summed E-state index contributed by atoms with van der Waals surface area (Å²) in [7, 11) is 0. The van der Waals surface area contributed by atoms with Gasteiger partial charge in [0, 0.05) is 16.9 Å². The highest BCUT2D eigenvalue weighted by atomic mass is 16.5. The Morgan fingerprint density at radius 3 is 2.81 bits per heavy atom. The third-order valence-corrected chi connectivity index (χ3v) is 3.81. The average molecular weight is 288 g/mol.